The number of aliphatic imine (C=N–C) groups is 2. The molecule has 0 spiro atoms. The molecule has 116 valence electrons. The lowest BCUT2D eigenvalue weighted by Crippen LogP contribution is -1.84. The van der Waals surface area contributed by atoms with Gasteiger partial charge in [0.25, 0.3) is 0 Å². The van der Waals surface area contributed by atoms with Gasteiger partial charge in [0, 0.05) is 9.79 Å². The highest BCUT2D eigenvalue weighted by Gasteiger charge is 1.97. The lowest BCUT2D eigenvalue weighted by atomic mass is 10.3. The van der Waals surface area contributed by atoms with E-state index in [-0.39, 0.29) is 0 Å². The van der Waals surface area contributed by atoms with Crippen molar-refractivity contribution >= 4 is 69.7 Å². The average Bonchev–Trinajstić information content (AvgIpc) is 2.58. The molecule has 0 atom stereocenters. The Bertz CT molecular complexity index is 650. The molecule has 0 amide bonds. The number of hydrogen-bond acceptors (Lipinski definition) is 6. The molecule has 0 aliphatic heterocycles. The molecule has 0 aliphatic rings. The molecule has 2 nitrogen and oxygen atoms in total. The Labute approximate surface area is 155 Å². The molecule has 0 N–H and O–H groups in total. The van der Waals surface area contributed by atoms with Crippen molar-refractivity contribution in [2.45, 2.75) is 16.2 Å². The van der Waals surface area contributed by atoms with Crippen molar-refractivity contribution in [3.8, 4) is 0 Å². The van der Waals surface area contributed by atoms with Crippen LogP contribution in [0.2, 0.25) is 0 Å². The Kier molecular flexibility index (Phi) is 8.26. The molecule has 0 aliphatic carbocycles. The van der Waals surface area contributed by atoms with Crippen LogP contribution in [0.3, 0.4) is 0 Å². The van der Waals surface area contributed by atoms with E-state index in [2.05, 4.69) is 69.0 Å². The molecule has 0 unspecified atom stereocenters. The summed E-state index contributed by atoms with van der Waals surface area (Å²) in [7, 11) is 0. The maximum atomic E-state index is 4.59. The molecule has 2 aromatic rings. The Morgan fingerprint density at radius 3 is 1.43 bits per heavy atom. The van der Waals surface area contributed by atoms with Gasteiger partial charge in [0.1, 0.15) is 0 Å². The second-order valence-corrected chi connectivity index (χ2v) is 7.15. The minimum atomic E-state index is 0.848. The second-order valence-electron chi connectivity index (χ2n) is 4.44. The van der Waals surface area contributed by atoms with E-state index in [1.54, 1.807) is 0 Å². The first-order valence-electron chi connectivity index (χ1n) is 6.93. The minimum absolute atomic E-state index is 0.848. The molecule has 0 aromatic heterocycles. The zero-order valence-corrected chi connectivity index (χ0v) is 15.5. The molecular weight excluding hydrogens is 360 g/mol. The summed E-state index contributed by atoms with van der Waals surface area (Å²) in [4.78, 5) is 10.4. The molecular formula is C17H14N2S4. The van der Waals surface area contributed by atoms with E-state index in [4.69, 9.17) is 0 Å². The lowest BCUT2D eigenvalue weighted by Gasteiger charge is -2.03. The molecule has 23 heavy (non-hydrogen) atoms. The Balaban J connectivity index is 1.69. The van der Waals surface area contributed by atoms with Gasteiger partial charge in [-0.25, -0.2) is 0 Å². The molecule has 0 fully saturated rings. The first-order valence-corrected chi connectivity index (χ1v) is 9.72. The average molecular weight is 375 g/mol. The zero-order chi connectivity index (χ0) is 16.3. The fourth-order valence-electron chi connectivity index (χ4n) is 1.78. The van der Waals surface area contributed by atoms with Crippen molar-refractivity contribution in [3.63, 3.8) is 0 Å². The van der Waals surface area contributed by atoms with E-state index in [0.717, 1.165) is 29.3 Å². The number of thioether (sulfide) groups is 2. The fraction of sp³-hybridized carbons (Fsp3) is 0.176. The third kappa shape index (κ3) is 6.80. The fourth-order valence-corrected chi connectivity index (χ4v) is 3.88. The summed E-state index contributed by atoms with van der Waals surface area (Å²) in [6, 6.07) is 16.1. The number of thiocarbonyl (C=S) groups is 2. The highest BCUT2D eigenvalue weighted by Crippen LogP contribution is 2.25. The normalized spacial score (nSPS) is 9.74. The Hall–Kier alpha value is -1.26. The van der Waals surface area contributed by atoms with Gasteiger partial charge < -0.3 is 0 Å². The maximum Gasteiger partial charge on any atom is 0.0740 e. The van der Waals surface area contributed by atoms with E-state index in [1.807, 2.05) is 47.8 Å². The number of rotatable bonds is 8. The topological polar surface area (TPSA) is 24.7 Å². The SMILES string of the molecule is S=C=Nc1ccc(SCCCSc2ccc(N=C=S)cc2)cc1. The number of hydrogen-bond donors (Lipinski definition) is 0. The van der Waals surface area contributed by atoms with Gasteiger partial charge in [-0.1, -0.05) is 0 Å². The molecule has 0 saturated heterocycles. The molecule has 2 rings (SSSR count). The van der Waals surface area contributed by atoms with E-state index in [9.17, 15) is 0 Å². The number of benzene rings is 2. The summed E-state index contributed by atoms with van der Waals surface area (Å²) in [5.74, 6) is 2.19. The second kappa shape index (κ2) is 10.5. The van der Waals surface area contributed by atoms with Crippen LogP contribution in [0.4, 0.5) is 11.4 Å². The van der Waals surface area contributed by atoms with Crippen LogP contribution < -0.4 is 0 Å². The van der Waals surface area contributed by atoms with Gasteiger partial charge in [-0.15, -0.1) is 23.5 Å². The smallest absolute Gasteiger partial charge is 0.0740 e. The molecule has 0 saturated carbocycles. The predicted octanol–water partition coefficient (Wildman–Crippen LogP) is 6.43. The van der Waals surface area contributed by atoms with Crippen molar-refractivity contribution in [2.75, 3.05) is 11.5 Å². The summed E-state index contributed by atoms with van der Waals surface area (Å²) in [6.07, 6.45) is 1.15. The largest absolute Gasteiger partial charge is 0.195 e. The number of nitrogens with zero attached hydrogens (tertiary/aromatic N) is 2. The van der Waals surface area contributed by atoms with Gasteiger partial charge in [0.2, 0.25) is 0 Å². The molecule has 0 bridgehead atoms. The summed E-state index contributed by atoms with van der Waals surface area (Å²) in [5.41, 5.74) is 1.70. The van der Waals surface area contributed by atoms with Gasteiger partial charge >= 0.3 is 0 Å². The van der Waals surface area contributed by atoms with Gasteiger partial charge in [0.05, 0.1) is 21.7 Å². The quantitative estimate of drug-likeness (QED) is 0.230. The van der Waals surface area contributed by atoms with E-state index >= 15 is 0 Å². The molecule has 6 heteroatoms. The van der Waals surface area contributed by atoms with Crippen LogP contribution in [-0.4, -0.2) is 21.8 Å². The first-order chi connectivity index (χ1) is 11.3. The summed E-state index contributed by atoms with van der Waals surface area (Å²) in [6.45, 7) is 0. The maximum absolute atomic E-state index is 4.59. The van der Waals surface area contributed by atoms with E-state index < -0.39 is 0 Å². The molecule has 0 heterocycles. The van der Waals surface area contributed by atoms with Gasteiger partial charge in [-0.05, 0) is 90.9 Å². The van der Waals surface area contributed by atoms with Crippen molar-refractivity contribution in [1.82, 2.24) is 0 Å². The summed E-state index contributed by atoms with van der Waals surface area (Å²) >= 11 is 12.9. The van der Waals surface area contributed by atoms with Crippen LogP contribution >= 0.6 is 48.0 Å². The van der Waals surface area contributed by atoms with Gasteiger partial charge in [0.15, 0.2) is 0 Å². The monoisotopic (exact) mass is 374 g/mol. The van der Waals surface area contributed by atoms with Crippen molar-refractivity contribution in [2.24, 2.45) is 9.98 Å². The van der Waals surface area contributed by atoms with Crippen LogP contribution in [-0.2, 0) is 0 Å². The van der Waals surface area contributed by atoms with E-state index in [0.29, 0.717) is 0 Å². The highest BCUT2D eigenvalue weighted by molar-refractivity contribution is 8.00. The Morgan fingerprint density at radius 2 is 1.09 bits per heavy atom. The van der Waals surface area contributed by atoms with Gasteiger partial charge in [-0.3, -0.25) is 0 Å². The minimum Gasteiger partial charge on any atom is -0.195 e. The van der Waals surface area contributed by atoms with Crippen LogP contribution in [0.5, 0.6) is 0 Å². The zero-order valence-electron chi connectivity index (χ0n) is 12.3. The van der Waals surface area contributed by atoms with Crippen molar-refractivity contribution in [3.05, 3.63) is 48.5 Å². The third-order valence-electron chi connectivity index (χ3n) is 2.85. The van der Waals surface area contributed by atoms with Crippen LogP contribution in [0.15, 0.2) is 68.3 Å². The highest BCUT2D eigenvalue weighted by atomic mass is 32.2. The lowest BCUT2D eigenvalue weighted by molar-refractivity contribution is 1.12. The van der Waals surface area contributed by atoms with E-state index in [1.165, 1.54) is 9.79 Å². The third-order valence-corrected chi connectivity index (χ3v) is 5.23. The summed E-state index contributed by atoms with van der Waals surface area (Å²) < 4.78 is 0. The number of isothiocyanates is 2. The van der Waals surface area contributed by atoms with Gasteiger partial charge in [-0.2, -0.15) is 9.98 Å². The molecule has 0 radical (unpaired) electrons. The standard InChI is InChI=1S/C17H14N2S4/c20-12-18-14-2-6-16(7-3-14)22-10-1-11-23-17-8-4-15(5-9-17)19-13-21/h2-9H,1,10-11H2. The van der Waals surface area contributed by atoms with Crippen molar-refractivity contribution in [1.29, 1.82) is 0 Å². The molecule has 2 aromatic carbocycles. The first kappa shape index (κ1) is 18.1. The Morgan fingerprint density at radius 1 is 0.696 bits per heavy atom. The van der Waals surface area contributed by atoms with Crippen LogP contribution in [0.1, 0.15) is 6.42 Å². The van der Waals surface area contributed by atoms with Crippen LogP contribution in [0.25, 0.3) is 0 Å². The predicted molar refractivity (Wildman–Crippen MR) is 108 cm³/mol. The van der Waals surface area contributed by atoms with Crippen molar-refractivity contribution < 1.29 is 0 Å². The summed E-state index contributed by atoms with van der Waals surface area (Å²) in [5, 5.41) is 4.75. The van der Waals surface area contributed by atoms with Crippen LogP contribution in [0, 0.1) is 0 Å².